The zero-order valence-electron chi connectivity index (χ0n) is 23.0. The molecule has 0 amide bonds. The van der Waals surface area contributed by atoms with Crippen molar-refractivity contribution < 1.29 is 14.6 Å². The molecule has 0 radical (unpaired) electrons. The van der Waals surface area contributed by atoms with Gasteiger partial charge in [-0.1, -0.05) is 78.3 Å². The van der Waals surface area contributed by atoms with Gasteiger partial charge in [-0.15, -0.1) is 0 Å². The van der Waals surface area contributed by atoms with Gasteiger partial charge in [0.05, 0.1) is 23.7 Å². The Morgan fingerprint density at radius 1 is 0.833 bits per heavy atom. The van der Waals surface area contributed by atoms with Gasteiger partial charge in [-0.3, -0.25) is 4.90 Å². The number of amidine groups is 1. The Hall–Kier alpha value is -4.94. The van der Waals surface area contributed by atoms with E-state index in [1.165, 1.54) is 7.11 Å². The van der Waals surface area contributed by atoms with E-state index in [9.17, 15) is 5.11 Å². The van der Waals surface area contributed by atoms with E-state index in [0.717, 1.165) is 34.1 Å². The molecule has 0 spiro atoms. The number of halogens is 1. The number of hydrogen-bond donors (Lipinski definition) is 2. The number of nitrogens with one attached hydrogen (secondary N) is 1. The van der Waals surface area contributed by atoms with Crippen LogP contribution in [0.15, 0.2) is 132 Å². The molecule has 2 unspecified atom stereocenters. The van der Waals surface area contributed by atoms with E-state index in [1.54, 1.807) is 6.07 Å². The molecule has 1 aliphatic heterocycles. The second-order valence-electron chi connectivity index (χ2n) is 9.88. The maximum absolute atomic E-state index is 10.4. The van der Waals surface area contributed by atoms with Crippen molar-refractivity contribution in [3.05, 3.63) is 138 Å². The summed E-state index contributed by atoms with van der Waals surface area (Å²) >= 11 is 6.57. The minimum absolute atomic E-state index is 0.0603. The quantitative estimate of drug-likeness (QED) is 0.203. The van der Waals surface area contributed by atoms with Crippen molar-refractivity contribution in [3.8, 4) is 17.2 Å². The van der Waals surface area contributed by atoms with Crippen molar-refractivity contribution in [3.63, 3.8) is 0 Å². The van der Waals surface area contributed by atoms with E-state index in [0.29, 0.717) is 23.1 Å². The number of aliphatic imine (C=N–C) groups is 1. The Kier molecular flexibility index (Phi) is 7.97. The molecule has 5 aromatic carbocycles. The molecule has 6 rings (SSSR count). The van der Waals surface area contributed by atoms with Gasteiger partial charge in [-0.25, -0.2) is 4.99 Å². The van der Waals surface area contributed by atoms with Gasteiger partial charge in [0.15, 0.2) is 11.5 Å². The number of phenolic OH excluding ortho intramolecular Hbond substituents is 1. The Morgan fingerprint density at radius 3 is 2.17 bits per heavy atom. The third kappa shape index (κ3) is 5.62. The normalized spacial score (nSPS) is 15.9. The summed E-state index contributed by atoms with van der Waals surface area (Å²) in [5.41, 5.74) is 4.30. The van der Waals surface area contributed by atoms with Gasteiger partial charge in [-0.2, -0.15) is 0 Å². The standard InChI is InChI=1S/C35H30ClN3O3/c1-41-33-22-24(20-21-31(33)40)34-27(23-37-29-17-9-8-16-28(29)36)35(38-30-18-10-11-19-32(30)42-34)39(25-12-4-2-5-13-25)26-14-6-3-7-15-26/h2-22,27,34,37,40H,23H2,1H3. The summed E-state index contributed by atoms with van der Waals surface area (Å²) < 4.78 is 12.3. The zero-order chi connectivity index (χ0) is 28.9. The molecular formula is C35H30ClN3O3. The molecule has 6 nitrogen and oxygen atoms in total. The van der Waals surface area contributed by atoms with Crippen LogP contribution in [0.5, 0.6) is 17.2 Å². The van der Waals surface area contributed by atoms with E-state index in [2.05, 4.69) is 34.5 Å². The largest absolute Gasteiger partial charge is 0.504 e. The lowest BCUT2D eigenvalue weighted by molar-refractivity contribution is 0.174. The van der Waals surface area contributed by atoms with Crippen molar-refractivity contribution in [2.75, 3.05) is 23.9 Å². The van der Waals surface area contributed by atoms with Gasteiger partial charge in [0.1, 0.15) is 23.4 Å². The molecule has 42 heavy (non-hydrogen) atoms. The van der Waals surface area contributed by atoms with Crippen LogP contribution in [0.2, 0.25) is 5.02 Å². The first-order chi connectivity index (χ1) is 20.6. The highest BCUT2D eigenvalue weighted by Crippen LogP contribution is 2.43. The SMILES string of the molecule is COc1cc(C2Oc3ccccc3N=C(N(c3ccccc3)c3ccccc3)C2CNc2ccccc2Cl)ccc1O. The highest BCUT2D eigenvalue weighted by Gasteiger charge is 2.37. The number of hydrogen-bond acceptors (Lipinski definition) is 6. The van der Waals surface area contributed by atoms with Gasteiger partial charge in [0.2, 0.25) is 0 Å². The van der Waals surface area contributed by atoms with Crippen LogP contribution in [0.4, 0.5) is 22.7 Å². The van der Waals surface area contributed by atoms with E-state index < -0.39 is 6.10 Å². The Labute approximate surface area is 250 Å². The zero-order valence-corrected chi connectivity index (χ0v) is 23.8. The van der Waals surface area contributed by atoms with E-state index in [4.69, 9.17) is 26.1 Å². The highest BCUT2D eigenvalue weighted by molar-refractivity contribution is 6.33. The summed E-state index contributed by atoms with van der Waals surface area (Å²) in [4.78, 5) is 7.48. The fourth-order valence-corrected chi connectivity index (χ4v) is 5.39. The Bertz CT molecular complexity index is 1660. The number of benzene rings is 5. The van der Waals surface area contributed by atoms with Crippen molar-refractivity contribution in [2.45, 2.75) is 6.10 Å². The number of phenols is 1. The first kappa shape index (κ1) is 27.2. The summed E-state index contributed by atoms with van der Waals surface area (Å²) in [6, 6.07) is 41.2. The van der Waals surface area contributed by atoms with E-state index in [1.807, 2.05) is 97.1 Å². The fraction of sp³-hybridized carbons (Fsp3) is 0.114. The van der Waals surface area contributed by atoms with Crippen LogP contribution in [-0.4, -0.2) is 24.6 Å². The molecule has 210 valence electrons. The van der Waals surface area contributed by atoms with Crippen molar-refractivity contribution >= 4 is 40.2 Å². The molecule has 0 bridgehead atoms. The van der Waals surface area contributed by atoms with Crippen molar-refractivity contribution in [2.24, 2.45) is 10.9 Å². The summed E-state index contributed by atoms with van der Waals surface area (Å²) in [6.07, 6.45) is -0.508. The average Bonchev–Trinajstić information content (AvgIpc) is 3.19. The molecule has 7 heteroatoms. The number of fused-ring (bicyclic) bond motifs is 1. The smallest absolute Gasteiger partial charge is 0.160 e. The minimum Gasteiger partial charge on any atom is -0.504 e. The molecule has 0 saturated heterocycles. The van der Waals surface area contributed by atoms with Crippen LogP contribution in [0.25, 0.3) is 0 Å². The molecule has 2 atom stereocenters. The van der Waals surface area contributed by atoms with Crippen molar-refractivity contribution in [1.29, 1.82) is 0 Å². The van der Waals surface area contributed by atoms with Crippen LogP contribution < -0.4 is 19.7 Å². The monoisotopic (exact) mass is 575 g/mol. The number of ether oxygens (including phenoxy) is 2. The lowest BCUT2D eigenvalue weighted by Crippen LogP contribution is -2.40. The second-order valence-corrected chi connectivity index (χ2v) is 10.3. The van der Waals surface area contributed by atoms with Gasteiger partial charge < -0.3 is 19.9 Å². The third-order valence-electron chi connectivity index (χ3n) is 7.23. The molecule has 0 fully saturated rings. The van der Waals surface area contributed by atoms with Crippen molar-refractivity contribution in [1.82, 2.24) is 0 Å². The maximum atomic E-state index is 10.4. The Morgan fingerprint density at radius 2 is 1.48 bits per heavy atom. The fourth-order valence-electron chi connectivity index (χ4n) is 5.19. The number of para-hydroxylation sites is 5. The minimum atomic E-state index is -0.508. The summed E-state index contributed by atoms with van der Waals surface area (Å²) in [6.45, 7) is 0.445. The van der Waals surface area contributed by atoms with Crippen LogP contribution in [0.3, 0.4) is 0 Å². The topological polar surface area (TPSA) is 66.3 Å². The lowest BCUT2D eigenvalue weighted by Gasteiger charge is -2.34. The summed E-state index contributed by atoms with van der Waals surface area (Å²) in [5, 5.41) is 14.6. The summed E-state index contributed by atoms with van der Waals surface area (Å²) in [7, 11) is 1.54. The van der Waals surface area contributed by atoms with Gasteiger partial charge in [0.25, 0.3) is 0 Å². The van der Waals surface area contributed by atoms with Crippen LogP contribution >= 0.6 is 11.6 Å². The number of rotatable bonds is 7. The molecule has 2 N–H and O–H groups in total. The number of anilines is 3. The Balaban J connectivity index is 1.57. The van der Waals surface area contributed by atoms with Gasteiger partial charge in [-0.05, 0) is 66.2 Å². The van der Waals surface area contributed by atoms with Gasteiger partial charge >= 0.3 is 0 Å². The second kappa shape index (κ2) is 12.3. The molecule has 1 aliphatic rings. The number of nitrogens with zero attached hydrogens (tertiary/aromatic N) is 2. The van der Waals surface area contributed by atoms with Crippen LogP contribution in [-0.2, 0) is 0 Å². The molecule has 0 aromatic heterocycles. The first-order valence-corrected chi connectivity index (χ1v) is 14.1. The molecular weight excluding hydrogens is 546 g/mol. The molecule has 1 heterocycles. The molecule has 0 aliphatic carbocycles. The predicted octanol–water partition coefficient (Wildman–Crippen LogP) is 8.78. The third-order valence-corrected chi connectivity index (χ3v) is 7.56. The van der Waals surface area contributed by atoms with Gasteiger partial charge in [0, 0.05) is 17.9 Å². The van der Waals surface area contributed by atoms with Crippen LogP contribution in [0.1, 0.15) is 11.7 Å². The molecule has 0 saturated carbocycles. The van der Waals surface area contributed by atoms with E-state index in [-0.39, 0.29) is 11.7 Å². The average molecular weight is 576 g/mol. The van der Waals surface area contributed by atoms with Crippen LogP contribution in [0, 0.1) is 5.92 Å². The van der Waals surface area contributed by atoms with E-state index >= 15 is 0 Å². The highest BCUT2D eigenvalue weighted by atomic mass is 35.5. The maximum Gasteiger partial charge on any atom is 0.160 e. The number of aromatic hydroxyl groups is 1. The first-order valence-electron chi connectivity index (χ1n) is 13.7. The number of methoxy groups -OCH3 is 1. The summed E-state index contributed by atoms with van der Waals surface area (Å²) in [5.74, 6) is 1.55. The lowest BCUT2D eigenvalue weighted by atomic mass is 9.92. The predicted molar refractivity (Wildman–Crippen MR) is 170 cm³/mol. The molecule has 5 aromatic rings.